The summed E-state index contributed by atoms with van der Waals surface area (Å²) in [6, 6.07) is 22.2. The molecule has 5 rings (SSSR count). The van der Waals surface area contributed by atoms with E-state index in [1.54, 1.807) is 36.4 Å². The Bertz CT molecular complexity index is 1270. The van der Waals surface area contributed by atoms with Crippen LogP contribution in [-0.4, -0.2) is 20.2 Å². The van der Waals surface area contributed by atoms with Gasteiger partial charge in [-0.05, 0) is 42.3 Å². The Hall–Kier alpha value is -3.99. The van der Waals surface area contributed by atoms with Gasteiger partial charge in [-0.2, -0.15) is 0 Å². The molecule has 0 saturated carbocycles. The molecule has 0 aliphatic rings. The van der Waals surface area contributed by atoms with E-state index in [0.29, 0.717) is 34.9 Å². The van der Waals surface area contributed by atoms with Crippen LogP contribution in [-0.2, 0) is 12.8 Å². The minimum Gasteiger partial charge on any atom is -0.507 e. The lowest BCUT2D eigenvalue weighted by Crippen LogP contribution is -1.91. The summed E-state index contributed by atoms with van der Waals surface area (Å²) in [6.07, 6.45) is 3.36. The predicted molar refractivity (Wildman–Crippen MR) is 116 cm³/mol. The number of hydrogen-bond donors (Lipinski definition) is 3. The second-order valence-corrected chi connectivity index (χ2v) is 7.18. The van der Waals surface area contributed by atoms with Crippen LogP contribution in [0.3, 0.4) is 0 Å². The molecule has 0 spiro atoms. The molecule has 0 bridgehead atoms. The van der Waals surface area contributed by atoms with Crippen molar-refractivity contribution in [3.63, 3.8) is 0 Å². The lowest BCUT2D eigenvalue weighted by molar-refractivity contribution is 0.468. The van der Waals surface area contributed by atoms with Crippen LogP contribution in [0.1, 0.15) is 11.5 Å². The summed E-state index contributed by atoms with van der Waals surface area (Å²) >= 11 is 0. The van der Waals surface area contributed by atoms with Crippen LogP contribution in [0.4, 0.5) is 0 Å². The summed E-state index contributed by atoms with van der Waals surface area (Å²) in [5, 5.41) is 21.9. The lowest BCUT2D eigenvalue weighted by Gasteiger charge is -2.05. The molecule has 3 N–H and O–H groups in total. The molecular formula is C25H20N2O3. The monoisotopic (exact) mass is 396 g/mol. The van der Waals surface area contributed by atoms with Gasteiger partial charge in [0.2, 0.25) is 0 Å². The summed E-state index contributed by atoms with van der Waals surface area (Å²) in [5.41, 5.74) is 3.92. The van der Waals surface area contributed by atoms with Crippen LogP contribution in [0.25, 0.3) is 33.5 Å². The Morgan fingerprint density at radius 3 is 2.20 bits per heavy atom. The maximum absolute atomic E-state index is 10.4. The zero-order valence-electron chi connectivity index (χ0n) is 16.2. The highest BCUT2D eigenvalue weighted by Crippen LogP contribution is 2.40. The molecule has 0 saturated heterocycles. The average Bonchev–Trinajstić information content (AvgIpc) is 3.37. The van der Waals surface area contributed by atoms with Crippen LogP contribution in [0.5, 0.6) is 11.5 Å². The molecule has 5 aromatic rings. The van der Waals surface area contributed by atoms with Gasteiger partial charge in [0.1, 0.15) is 17.2 Å². The van der Waals surface area contributed by atoms with E-state index < -0.39 is 0 Å². The molecule has 2 heterocycles. The normalized spacial score (nSPS) is 11.2. The van der Waals surface area contributed by atoms with Crippen LogP contribution < -0.4 is 0 Å². The lowest BCUT2D eigenvalue weighted by atomic mass is 10.0. The zero-order chi connectivity index (χ0) is 20.5. The van der Waals surface area contributed by atoms with Crippen molar-refractivity contribution in [2.24, 2.45) is 0 Å². The van der Waals surface area contributed by atoms with E-state index in [4.69, 9.17) is 9.40 Å². The smallest absolute Gasteiger partial charge is 0.195 e. The van der Waals surface area contributed by atoms with Gasteiger partial charge in [0, 0.05) is 29.1 Å². The second kappa shape index (κ2) is 7.44. The van der Waals surface area contributed by atoms with E-state index >= 15 is 0 Å². The van der Waals surface area contributed by atoms with Crippen molar-refractivity contribution in [2.45, 2.75) is 12.8 Å². The van der Waals surface area contributed by atoms with E-state index in [0.717, 1.165) is 11.9 Å². The van der Waals surface area contributed by atoms with Crippen molar-refractivity contribution < 1.29 is 14.6 Å². The number of nitrogens with zero attached hydrogens (tertiary/aromatic N) is 1. The topological polar surface area (TPSA) is 82.3 Å². The van der Waals surface area contributed by atoms with Crippen LogP contribution in [0.2, 0.25) is 0 Å². The number of aromatic hydroxyl groups is 2. The number of nitrogens with one attached hydrogen (secondary N) is 1. The second-order valence-electron chi connectivity index (χ2n) is 7.18. The molecule has 5 nitrogen and oxygen atoms in total. The van der Waals surface area contributed by atoms with Gasteiger partial charge in [0.15, 0.2) is 11.7 Å². The van der Waals surface area contributed by atoms with E-state index in [9.17, 15) is 10.2 Å². The van der Waals surface area contributed by atoms with Gasteiger partial charge >= 0.3 is 0 Å². The van der Waals surface area contributed by atoms with Crippen LogP contribution in [0.15, 0.2) is 83.4 Å². The van der Waals surface area contributed by atoms with Gasteiger partial charge in [-0.25, -0.2) is 4.98 Å². The van der Waals surface area contributed by atoms with Gasteiger partial charge < -0.3 is 19.6 Å². The number of rotatable bonds is 5. The van der Waals surface area contributed by atoms with E-state index in [1.807, 2.05) is 30.5 Å². The van der Waals surface area contributed by atoms with Crippen molar-refractivity contribution in [1.82, 2.24) is 9.97 Å². The highest BCUT2D eigenvalue weighted by atomic mass is 16.4. The molecule has 5 heteroatoms. The van der Waals surface area contributed by atoms with Gasteiger partial charge in [-0.1, -0.05) is 42.5 Å². The number of aromatic nitrogens is 2. The van der Waals surface area contributed by atoms with Crippen molar-refractivity contribution in [3.8, 4) is 34.1 Å². The average molecular weight is 396 g/mol. The van der Waals surface area contributed by atoms with Gasteiger partial charge in [0.05, 0.1) is 5.56 Å². The largest absolute Gasteiger partial charge is 0.507 e. The number of benzene rings is 3. The third-order valence-corrected chi connectivity index (χ3v) is 5.26. The molecule has 0 aliphatic heterocycles. The Morgan fingerprint density at radius 1 is 0.767 bits per heavy atom. The molecule has 30 heavy (non-hydrogen) atoms. The van der Waals surface area contributed by atoms with Crippen molar-refractivity contribution in [2.75, 3.05) is 0 Å². The fraction of sp³-hybridized carbons (Fsp3) is 0.0800. The molecule has 0 atom stereocenters. The third kappa shape index (κ3) is 3.20. The molecule has 0 radical (unpaired) electrons. The minimum absolute atomic E-state index is 0.105. The number of H-pyrrole nitrogens is 1. The molecular weight excluding hydrogens is 376 g/mol. The van der Waals surface area contributed by atoms with Crippen molar-refractivity contribution >= 4 is 10.9 Å². The van der Waals surface area contributed by atoms with Crippen molar-refractivity contribution in [3.05, 3.63) is 90.4 Å². The predicted octanol–water partition coefficient (Wildman–Crippen LogP) is 5.69. The summed E-state index contributed by atoms with van der Waals surface area (Å²) in [5.74, 6) is 1.22. The molecule has 0 aliphatic carbocycles. The van der Waals surface area contributed by atoms with Crippen LogP contribution in [0, 0.1) is 0 Å². The van der Waals surface area contributed by atoms with Crippen LogP contribution >= 0.6 is 0 Å². The number of fused-ring (bicyclic) bond motifs is 1. The maximum atomic E-state index is 10.4. The van der Waals surface area contributed by atoms with E-state index in [2.05, 4.69) is 17.1 Å². The highest BCUT2D eigenvalue weighted by molar-refractivity contribution is 5.83. The SMILES string of the molecule is Oc1ccccc1-c1nc(CCc2c[nH]c3ccccc23)oc1-c1ccccc1O. The number of phenols is 2. The molecule has 148 valence electrons. The molecule has 0 amide bonds. The fourth-order valence-corrected chi connectivity index (χ4v) is 3.76. The summed E-state index contributed by atoms with van der Waals surface area (Å²) in [6.45, 7) is 0. The number of phenolic OH excluding ortho intramolecular Hbond substituents is 2. The van der Waals surface area contributed by atoms with E-state index in [1.165, 1.54) is 10.9 Å². The highest BCUT2D eigenvalue weighted by Gasteiger charge is 2.21. The van der Waals surface area contributed by atoms with Gasteiger partial charge in [-0.15, -0.1) is 0 Å². The quantitative estimate of drug-likeness (QED) is 0.357. The Labute approximate surface area is 173 Å². The summed E-state index contributed by atoms with van der Waals surface area (Å²) in [7, 11) is 0. The molecule has 0 unspecified atom stereocenters. The minimum atomic E-state index is 0.105. The number of para-hydroxylation sites is 3. The Morgan fingerprint density at radius 2 is 1.43 bits per heavy atom. The van der Waals surface area contributed by atoms with Crippen molar-refractivity contribution in [1.29, 1.82) is 0 Å². The first-order valence-electron chi connectivity index (χ1n) is 9.82. The molecule has 2 aromatic heterocycles. The summed E-state index contributed by atoms with van der Waals surface area (Å²) in [4.78, 5) is 7.98. The first kappa shape index (κ1) is 18.1. The van der Waals surface area contributed by atoms with Gasteiger partial charge in [0.25, 0.3) is 0 Å². The first-order valence-corrected chi connectivity index (χ1v) is 9.82. The standard InChI is InChI=1S/C25H20N2O3/c28-21-11-5-2-8-18(21)24-25(19-9-3-6-12-22(19)29)30-23(27-24)14-13-16-15-26-20-10-4-1-7-17(16)20/h1-12,15,26,28-29H,13-14H2. The molecule has 3 aromatic carbocycles. The third-order valence-electron chi connectivity index (χ3n) is 5.26. The Kier molecular flexibility index (Phi) is 4.48. The Balaban J connectivity index is 1.54. The fourth-order valence-electron chi connectivity index (χ4n) is 3.76. The maximum Gasteiger partial charge on any atom is 0.195 e. The zero-order valence-corrected chi connectivity index (χ0v) is 16.2. The number of aryl methyl sites for hydroxylation is 2. The number of hydrogen-bond acceptors (Lipinski definition) is 4. The summed E-state index contributed by atoms with van der Waals surface area (Å²) < 4.78 is 6.11. The number of aromatic amines is 1. The van der Waals surface area contributed by atoms with E-state index in [-0.39, 0.29) is 11.5 Å². The molecule has 0 fully saturated rings. The number of oxazole rings is 1. The first-order chi connectivity index (χ1) is 14.7. The van der Waals surface area contributed by atoms with Gasteiger partial charge in [-0.3, -0.25) is 0 Å².